The summed E-state index contributed by atoms with van der Waals surface area (Å²) in [6.45, 7) is 0.793. The lowest BCUT2D eigenvalue weighted by atomic mass is 9.90. The average Bonchev–Trinajstić information content (AvgIpc) is 2.54. The molecule has 1 aliphatic carbocycles. The first-order chi connectivity index (χ1) is 7.99. The highest BCUT2D eigenvalue weighted by Crippen LogP contribution is 2.26. The highest BCUT2D eigenvalue weighted by molar-refractivity contribution is 5.70. The zero-order valence-corrected chi connectivity index (χ0v) is 10.6. The first-order valence-corrected chi connectivity index (χ1v) is 5.90. The number of carboxylic acid groups (broad SMARTS) is 1. The lowest BCUT2D eigenvalue weighted by Crippen LogP contribution is -2.22. The fourth-order valence-electron chi connectivity index (χ4n) is 2.40. The van der Waals surface area contributed by atoms with Gasteiger partial charge in [0.05, 0.1) is 18.2 Å². The van der Waals surface area contributed by atoms with E-state index in [0.717, 1.165) is 30.9 Å². The van der Waals surface area contributed by atoms with Crippen LogP contribution in [0, 0.1) is 5.92 Å². The zero-order valence-electron chi connectivity index (χ0n) is 10.6. The van der Waals surface area contributed by atoms with Gasteiger partial charge in [-0.05, 0) is 26.9 Å². The second kappa shape index (κ2) is 4.49. The number of fused-ring (bicyclic) bond motifs is 1. The summed E-state index contributed by atoms with van der Waals surface area (Å²) in [6, 6.07) is 0. The van der Waals surface area contributed by atoms with Crippen LogP contribution in [0.15, 0.2) is 0 Å². The third-order valence-electron chi connectivity index (χ3n) is 3.37. The summed E-state index contributed by atoms with van der Waals surface area (Å²) in [5.74, 6) is 0.0612. The molecule has 1 heterocycles. The molecule has 94 valence electrons. The first-order valence-electron chi connectivity index (χ1n) is 5.90. The van der Waals surface area contributed by atoms with E-state index in [1.165, 1.54) is 5.69 Å². The second-order valence-electron chi connectivity index (χ2n) is 5.00. The molecule has 0 radical (unpaired) electrons. The minimum atomic E-state index is -0.699. The topological polar surface area (TPSA) is 58.4 Å². The van der Waals surface area contributed by atoms with E-state index in [4.69, 9.17) is 5.11 Å². The fraction of sp³-hybridized carbons (Fsp3) is 0.667. The van der Waals surface area contributed by atoms with E-state index in [2.05, 4.69) is 14.5 Å². The standard InChI is InChI=1S/C12H19N3O2/c1-14(2)7-11-13-9-6-8(12(16)17)4-5-10(9)15(11)3/h8H,4-7H2,1-3H3,(H,16,17). The molecule has 0 bridgehead atoms. The molecule has 5 nitrogen and oxygen atoms in total. The molecule has 0 saturated heterocycles. The van der Waals surface area contributed by atoms with Crippen LogP contribution in [0.25, 0.3) is 0 Å². The largest absolute Gasteiger partial charge is 0.481 e. The third-order valence-corrected chi connectivity index (χ3v) is 3.37. The van der Waals surface area contributed by atoms with Crippen molar-refractivity contribution >= 4 is 5.97 Å². The molecule has 0 aromatic carbocycles. The molecule has 1 aliphatic rings. The van der Waals surface area contributed by atoms with Crippen LogP contribution in [0.5, 0.6) is 0 Å². The second-order valence-corrected chi connectivity index (χ2v) is 5.00. The van der Waals surface area contributed by atoms with E-state index < -0.39 is 5.97 Å². The van der Waals surface area contributed by atoms with E-state index >= 15 is 0 Å². The Morgan fingerprint density at radius 3 is 2.88 bits per heavy atom. The molecule has 1 atom stereocenters. The Balaban J connectivity index is 2.25. The summed E-state index contributed by atoms with van der Waals surface area (Å²) < 4.78 is 2.12. The summed E-state index contributed by atoms with van der Waals surface area (Å²) >= 11 is 0. The minimum absolute atomic E-state index is 0.260. The number of nitrogens with zero attached hydrogens (tertiary/aromatic N) is 3. The Bertz CT molecular complexity index is 437. The first kappa shape index (κ1) is 12.1. The summed E-state index contributed by atoms with van der Waals surface area (Å²) in [7, 11) is 6.03. The lowest BCUT2D eigenvalue weighted by Gasteiger charge is -2.18. The van der Waals surface area contributed by atoms with Gasteiger partial charge >= 0.3 is 5.97 Å². The van der Waals surface area contributed by atoms with Crippen LogP contribution in [-0.2, 0) is 31.2 Å². The maximum Gasteiger partial charge on any atom is 0.306 e. The Hall–Kier alpha value is -1.36. The highest BCUT2D eigenvalue weighted by Gasteiger charge is 2.28. The molecule has 5 heteroatoms. The van der Waals surface area contributed by atoms with E-state index in [9.17, 15) is 4.79 Å². The Morgan fingerprint density at radius 2 is 2.29 bits per heavy atom. The maximum atomic E-state index is 11.0. The van der Waals surface area contributed by atoms with Crippen molar-refractivity contribution in [2.75, 3.05) is 14.1 Å². The minimum Gasteiger partial charge on any atom is -0.481 e. The van der Waals surface area contributed by atoms with Gasteiger partial charge < -0.3 is 14.6 Å². The van der Waals surface area contributed by atoms with E-state index in [1.807, 2.05) is 21.1 Å². The third kappa shape index (κ3) is 2.34. The molecule has 0 fully saturated rings. The average molecular weight is 237 g/mol. The molecular weight excluding hydrogens is 218 g/mol. The van der Waals surface area contributed by atoms with E-state index in [0.29, 0.717) is 6.42 Å². The van der Waals surface area contributed by atoms with Crippen LogP contribution in [-0.4, -0.2) is 39.6 Å². The molecule has 0 aliphatic heterocycles. The Morgan fingerprint density at radius 1 is 1.59 bits per heavy atom. The van der Waals surface area contributed by atoms with Crippen molar-refractivity contribution in [2.24, 2.45) is 13.0 Å². The number of hydrogen-bond acceptors (Lipinski definition) is 3. The molecule has 2 rings (SSSR count). The van der Waals surface area contributed by atoms with Crippen LogP contribution in [0.1, 0.15) is 23.6 Å². The van der Waals surface area contributed by atoms with Gasteiger partial charge in [-0.3, -0.25) is 4.79 Å². The lowest BCUT2D eigenvalue weighted by molar-refractivity contribution is -0.142. The smallest absolute Gasteiger partial charge is 0.306 e. The van der Waals surface area contributed by atoms with Crippen LogP contribution in [0.4, 0.5) is 0 Å². The molecule has 0 spiro atoms. The van der Waals surface area contributed by atoms with Gasteiger partial charge in [0.15, 0.2) is 0 Å². The van der Waals surface area contributed by atoms with Gasteiger partial charge in [-0.25, -0.2) is 4.98 Å². The van der Waals surface area contributed by atoms with Gasteiger partial charge in [-0.1, -0.05) is 0 Å². The number of aliphatic carboxylic acids is 1. The fourth-order valence-corrected chi connectivity index (χ4v) is 2.40. The molecule has 1 aromatic rings. The normalized spacial score (nSPS) is 19.4. The summed E-state index contributed by atoms with van der Waals surface area (Å²) in [5, 5.41) is 9.04. The summed E-state index contributed by atoms with van der Waals surface area (Å²) in [6.07, 6.45) is 2.12. The summed E-state index contributed by atoms with van der Waals surface area (Å²) in [4.78, 5) is 17.6. The van der Waals surface area contributed by atoms with E-state index in [-0.39, 0.29) is 5.92 Å². The van der Waals surface area contributed by atoms with Crippen LogP contribution < -0.4 is 0 Å². The van der Waals surface area contributed by atoms with Gasteiger partial charge in [0, 0.05) is 19.2 Å². The Kier molecular flexibility index (Phi) is 3.19. The quantitative estimate of drug-likeness (QED) is 0.839. The van der Waals surface area contributed by atoms with Crippen molar-refractivity contribution < 1.29 is 9.90 Å². The van der Waals surface area contributed by atoms with Gasteiger partial charge in [-0.15, -0.1) is 0 Å². The van der Waals surface area contributed by atoms with Crippen molar-refractivity contribution in [2.45, 2.75) is 25.8 Å². The van der Waals surface area contributed by atoms with E-state index in [1.54, 1.807) is 0 Å². The molecule has 1 aromatic heterocycles. The van der Waals surface area contributed by atoms with Gasteiger partial charge in [-0.2, -0.15) is 0 Å². The molecule has 0 saturated carbocycles. The maximum absolute atomic E-state index is 11.0. The Labute approximate surface area is 101 Å². The van der Waals surface area contributed by atoms with Crippen LogP contribution >= 0.6 is 0 Å². The van der Waals surface area contributed by atoms with Gasteiger partial charge in [0.2, 0.25) is 0 Å². The van der Waals surface area contributed by atoms with Crippen molar-refractivity contribution in [3.63, 3.8) is 0 Å². The monoisotopic (exact) mass is 237 g/mol. The zero-order chi connectivity index (χ0) is 12.6. The van der Waals surface area contributed by atoms with Crippen LogP contribution in [0.2, 0.25) is 0 Å². The van der Waals surface area contributed by atoms with Gasteiger partial charge in [0.25, 0.3) is 0 Å². The molecule has 17 heavy (non-hydrogen) atoms. The number of rotatable bonds is 3. The number of hydrogen-bond donors (Lipinski definition) is 1. The molecule has 1 N–H and O–H groups in total. The summed E-state index contributed by atoms with van der Waals surface area (Å²) in [5.41, 5.74) is 2.18. The molecular formula is C12H19N3O2. The predicted molar refractivity (Wildman–Crippen MR) is 63.7 cm³/mol. The van der Waals surface area contributed by atoms with Crippen molar-refractivity contribution in [3.8, 4) is 0 Å². The number of carboxylic acids is 1. The van der Waals surface area contributed by atoms with Gasteiger partial charge in [0.1, 0.15) is 5.82 Å². The van der Waals surface area contributed by atoms with Crippen LogP contribution in [0.3, 0.4) is 0 Å². The predicted octanol–water partition coefficient (Wildman–Crippen LogP) is 0.671. The number of imidazole rings is 1. The van der Waals surface area contributed by atoms with Crippen molar-refractivity contribution in [1.29, 1.82) is 0 Å². The SMILES string of the molecule is CN(C)Cc1nc2c(n1C)CCC(C(=O)O)C2. The molecule has 1 unspecified atom stereocenters. The molecule has 0 amide bonds. The van der Waals surface area contributed by atoms with Crippen molar-refractivity contribution in [1.82, 2.24) is 14.5 Å². The highest BCUT2D eigenvalue weighted by atomic mass is 16.4. The van der Waals surface area contributed by atoms with Crippen molar-refractivity contribution in [3.05, 3.63) is 17.2 Å². The number of carbonyl (C=O) groups is 1. The number of aromatic nitrogens is 2.